The highest BCUT2D eigenvalue weighted by atomic mass is 32.2. The number of nitrogens with zero attached hydrogens (tertiary/aromatic N) is 5. The molecule has 8 nitrogen and oxygen atoms in total. The third-order valence-corrected chi connectivity index (χ3v) is 12.6. The highest BCUT2D eigenvalue weighted by Crippen LogP contribution is 2.67. The van der Waals surface area contributed by atoms with Crippen LogP contribution in [0.2, 0.25) is 0 Å². The lowest BCUT2D eigenvalue weighted by Gasteiger charge is -2.60. The molecule has 220 valence electrons. The van der Waals surface area contributed by atoms with Crippen molar-refractivity contribution in [1.29, 1.82) is 0 Å². The fraction of sp³-hybridized carbons (Fsp3) is 0.576. The van der Waals surface area contributed by atoms with Crippen molar-refractivity contribution >= 4 is 34.7 Å². The van der Waals surface area contributed by atoms with Gasteiger partial charge in [-0.25, -0.2) is 11.6 Å². The number of carbonyl (C=O) groups is 1. The molecule has 0 radical (unpaired) electrons. The highest BCUT2D eigenvalue weighted by molar-refractivity contribution is 7.99. The largest absolute Gasteiger partial charge is 0.393 e. The van der Waals surface area contributed by atoms with Crippen molar-refractivity contribution in [1.82, 2.24) is 19.3 Å². The van der Waals surface area contributed by atoms with Crippen LogP contribution in [-0.2, 0) is 24.8 Å². The Bertz CT molecular complexity index is 1650. The summed E-state index contributed by atoms with van der Waals surface area (Å²) in [5.74, 6) is 0.509. The minimum Gasteiger partial charge on any atom is -0.393 e. The van der Waals surface area contributed by atoms with E-state index in [1.54, 1.807) is 0 Å². The molecule has 9 heteroatoms. The van der Waals surface area contributed by atoms with Gasteiger partial charge in [0.2, 0.25) is 6.54 Å². The van der Waals surface area contributed by atoms with Crippen LogP contribution in [0.25, 0.3) is 22.0 Å². The average Bonchev–Trinajstić information content (AvgIpc) is 3.60. The lowest BCUT2D eigenvalue weighted by molar-refractivity contribution is -0.177. The van der Waals surface area contributed by atoms with Crippen LogP contribution < -0.4 is 0 Å². The standard InChI is InChI=1S/C33H39N5O3S/c1-31-16-20-18-35-38(14-13-34-3)26(20)15-21(31)9-10-22-23-11-12-33(41,32(23,2)17-27(39)29(22)31)28(40)19-42-30-36-24-7-5-6-8-25(24)37(30)4/h5-8,15,18,22-23,27,29,39,41H,9-14,16-17,19H2,1-2,4H3/t22?,23?,27?,29?,31?,32?,33-/m0/s1. The summed E-state index contributed by atoms with van der Waals surface area (Å²) in [6.07, 6.45) is 8.02. The molecule has 2 heterocycles. The number of ketones is 1. The first-order valence-corrected chi connectivity index (χ1v) is 16.2. The normalized spacial score (nSPS) is 35.1. The molecule has 0 aliphatic heterocycles. The number of benzene rings is 1. The van der Waals surface area contributed by atoms with Crippen molar-refractivity contribution in [3.05, 3.63) is 58.7 Å². The monoisotopic (exact) mass is 585 g/mol. The number of hydrogen-bond acceptors (Lipinski definition) is 6. The second-order valence-electron chi connectivity index (χ2n) is 13.5. The number of aryl methyl sites for hydroxylation is 1. The van der Waals surface area contributed by atoms with Gasteiger partial charge in [0, 0.05) is 12.5 Å². The molecule has 2 N–H and O–H groups in total. The van der Waals surface area contributed by atoms with Crippen molar-refractivity contribution in [2.45, 2.75) is 75.8 Å². The van der Waals surface area contributed by atoms with E-state index >= 15 is 0 Å². The van der Waals surface area contributed by atoms with Crippen LogP contribution in [0, 0.1) is 35.2 Å². The van der Waals surface area contributed by atoms with Crippen LogP contribution in [0.5, 0.6) is 0 Å². The zero-order chi connectivity index (χ0) is 29.4. The first kappa shape index (κ1) is 27.9. The molecule has 4 aliphatic rings. The topological polar surface area (TPSA) is 97.5 Å². The smallest absolute Gasteiger partial charge is 0.234 e. The fourth-order valence-corrected chi connectivity index (χ4v) is 10.5. The zero-order valence-electron chi connectivity index (χ0n) is 24.6. The van der Waals surface area contributed by atoms with Crippen molar-refractivity contribution in [3.63, 3.8) is 0 Å². The molecule has 0 amide bonds. The summed E-state index contributed by atoms with van der Waals surface area (Å²) in [4.78, 5) is 22.1. The summed E-state index contributed by atoms with van der Waals surface area (Å²) in [6, 6.07) is 7.93. The highest BCUT2D eigenvalue weighted by Gasteiger charge is 2.68. The predicted octanol–water partition coefficient (Wildman–Crippen LogP) is 4.93. The quantitative estimate of drug-likeness (QED) is 0.314. The van der Waals surface area contributed by atoms with Crippen LogP contribution >= 0.6 is 11.8 Å². The summed E-state index contributed by atoms with van der Waals surface area (Å²) < 4.78 is 3.96. The molecular weight excluding hydrogens is 546 g/mol. The molecule has 7 atom stereocenters. The van der Waals surface area contributed by atoms with E-state index in [1.807, 2.05) is 46.8 Å². The third kappa shape index (κ3) is 3.84. The number of aliphatic hydroxyl groups excluding tert-OH is 1. The molecule has 6 unspecified atom stereocenters. The molecule has 2 aromatic heterocycles. The molecule has 3 saturated carbocycles. The van der Waals surface area contributed by atoms with E-state index in [-0.39, 0.29) is 34.7 Å². The average molecular weight is 586 g/mol. The number of carbonyl (C=O) groups excluding carboxylic acids is 1. The Labute approximate surface area is 251 Å². The number of allylic oxidation sites excluding steroid dienone is 1. The van der Waals surface area contributed by atoms with Gasteiger partial charge in [0.1, 0.15) is 12.1 Å². The van der Waals surface area contributed by atoms with Crippen molar-refractivity contribution < 1.29 is 15.0 Å². The van der Waals surface area contributed by atoms with Crippen LogP contribution in [0.15, 0.2) is 41.2 Å². The number of thioether (sulfide) groups is 1. The van der Waals surface area contributed by atoms with Gasteiger partial charge in [-0.1, -0.05) is 43.3 Å². The van der Waals surface area contributed by atoms with E-state index < -0.39 is 17.1 Å². The molecule has 42 heavy (non-hydrogen) atoms. The van der Waals surface area contributed by atoms with Crippen molar-refractivity contribution in [3.8, 4) is 0 Å². The first-order chi connectivity index (χ1) is 20.1. The number of Topliss-reactive ketones (excluding diaryl/α,β-unsaturated/α-hetero) is 1. The molecule has 0 bridgehead atoms. The van der Waals surface area contributed by atoms with Gasteiger partial charge in [-0.15, -0.1) is 0 Å². The number of para-hydroxylation sites is 2. The van der Waals surface area contributed by atoms with Crippen molar-refractivity contribution in [2.24, 2.45) is 35.6 Å². The minimum absolute atomic E-state index is 0.0714. The Morgan fingerprint density at radius 2 is 2.07 bits per heavy atom. The molecule has 1 aromatic carbocycles. The van der Waals surface area contributed by atoms with Gasteiger partial charge in [-0.05, 0) is 85.5 Å². The Morgan fingerprint density at radius 1 is 1.26 bits per heavy atom. The summed E-state index contributed by atoms with van der Waals surface area (Å²) in [7, 11) is 1.96. The zero-order valence-corrected chi connectivity index (χ0v) is 25.4. The van der Waals surface area contributed by atoms with E-state index in [2.05, 4.69) is 29.9 Å². The number of hydrogen-bond donors (Lipinski definition) is 2. The first-order valence-electron chi connectivity index (χ1n) is 15.2. The van der Waals surface area contributed by atoms with E-state index in [9.17, 15) is 15.0 Å². The fourth-order valence-electron chi connectivity index (χ4n) is 9.53. The maximum absolute atomic E-state index is 13.9. The van der Waals surface area contributed by atoms with Crippen LogP contribution in [-0.4, -0.2) is 59.3 Å². The number of aliphatic hydroxyl groups is 2. The molecule has 3 aromatic rings. The third-order valence-electron chi connectivity index (χ3n) is 11.6. The minimum atomic E-state index is -1.46. The van der Waals surface area contributed by atoms with E-state index in [0.29, 0.717) is 25.9 Å². The van der Waals surface area contributed by atoms with Gasteiger partial charge in [0.05, 0.1) is 34.8 Å². The van der Waals surface area contributed by atoms with Gasteiger partial charge >= 0.3 is 0 Å². The van der Waals surface area contributed by atoms with E-state index in [4.69, 9.17) is 11.6 Å². The van der Waals surface area contributed by atoms with Gasteiger partial charge in [0.25, 0.3) is 0 Å². The van der Waals surface area contributed by atoms with Gasteiger partial charge < -0.3 is 19.6 Å². The molecule has 4 aliphatic carbocycles. The number of fused-ring (bicyclic) bond motifs is 7. The van der Waals surface area contributed by atoms with E-state index in [1.165, 1.54) is 22.9 Å². The van der Waals surface area contributed by atoms with Crippen LogP contribution in [0.1, 0.15) is 57.2 Å². The number of rotatable bonds is 6. The lowest BCUT2D eigenvalue weighted by atomic mass is 9.45. The molecule has 0 saturated heterocycles. The summed E-state index contributed by atoms with van der Waals surface area (Å²) in [5.41, 5.74) is 3.26. The Balaban J connectivity index is 1.13. The lowest BCUT2D eigenvalue weighted by Crippen LogP contribution is -2.62. The van der Waals surface area contributed by atoms with Crippen molar-refractivity contribution in [2.75, 3.05) is 12.3 Å². The van der Waals surface area contributed by atoms with Gasteiger partial charge in [-0.2, -0.15) is 5.10 Å². The Hall–Kier alpha value is -2.93. The summed E-state index contributed by atoms with van der Waals surface area (Å²) >= 11 is 1.39. The van der Waals surface area contributed by atoms with Crippen LogP contribution in [0.3, 0.4) is 0 Å². The molecule has 0 spiro atoms. The Morgan fingerprint density at radius 3 is 2.86 bits per heavy atom. The number of aromatic nitrogens is 4. The molecule has 7 rings (SSSR count). The second kappa shape index (κ2) is 9.80. The summed E-state index contributed by atoms with van der Waals surface area (Å²) in [6.45, 7) is 12.5. The van der Waals surface area contributed by atoms with E-state index in [0.717, 1.165) is 47.6 Å². The maximum Gasteiger partial charge on any atom is 0.234 e. The molecule has 3 fully saturated rings. The maximum atomic E-state index is 13.9. The second-order valence-corrected chi connectivity index (χ2v) is 14.4. The molecular formula is C33H39N5O3S. The van der Waals surface area contributed by atoms with Crippen LogP contribution in [0.4, 0.5) is 0 Å². The predicted molar refractivity (Wildman–Crippen MR) is 163 cm³/mol. The number of imidazole rings is 1. The Kier molecular flexibility index (Phi) is 6.50. The SMILES string of the molecule is [C-]#[N+]CCn1ncc2c1C=C1CCC3C(C(O)CC4(C)C3CC[C@]4(O)C(=O)CSc3nc4ccccc4n3C)C1(C)C2. The van der Waals surface area contributed by atoms with Gasteiger partial charge in [-0.3, -0.25) is 9.48 Å². The van der Waals surface area contributed by atoms with Gasteiger partial charge in [0.15, 0.2) is 10.9 Å². The summed E-state index contributed by atoms with van der Waals surface area (Å²) in [5, 5.41) is 29.4.